The van der Waals surface area contributed by atoms with E-state index in [1.165, 1.54) is 0 Å². The van der Waals surface area contributed by atoms with Crippen LogP contribution in [0.4, 0.5) is 0 Å². The molecule has 1 heterocycles. The second-order valence-corrected chi connectivity index (χ2v) is 2.83. The molecule has 82 valence electrons. The summed E-state index contributed by atoms with van der Waals surface area (Å²) in [5.74, 6) is -2.00. The van der Waals surface area contributed by atoms with Gasteiger partial charge >= 0.3 is 5.97 Å². The van der Waals surface area contributed by atoms with Crippen LogP contribution in [0.3, 0.4) is 0 Å². The number of oxazole rings is 1. The molecule has 0 aliphatic heterocycles. The van der Waals surface area contributed by atoms with Crippen molar-refractivity contribution in [2.45, 2.75) is 13.0 Å². The second-order valence-electron chi connectivity index (χ2n) is 2.83. The summed E-state index contributed by atoms with van der Waals surface area (Å²) in [6, 6.07) is 0. The maximum atomic E-state index is 11.3. The van der Waals surface area contributed by atoms with Gasteiger partial charge in [-0.25, -0.2) is 9.78 Å². The predicted molar refractivity (Wildman–Crippen MR) is 47.2 cm³/mol. The minimum atomic E-state index is -1.63. The Morgan fingerprint density at radius 1 is 1.67 bits per heavy atom. The van der Waals surface area contributed by atoms with Crippen molar-refractivity contribution < 1.29 is 24.2 Å². The molecule has 1 rings (SSSR count). The number of carbonyl (C=O) groups is 2. The number of amides is 1. The van der Waals surface area contributed by atoms with Crippen LogP contribution < -0.4 is 5.32 Å². The number of rotatable bonds is 4. The molecule has 0 bridgehead atoms. The molecule has 15 heavy (non-hydrogen) atoms. The molecule has 1 aromatic rings. The highest BCUT2D eigenvalue weighted by atomic mass is 16.4. The van der Waals surface area contributed by atoms with Crippen LogP contribution in [-0.2, 0) is 4.79 Å². The number of nitrogens with zero attached hydrogens (tertiary/aromatic N) is 1. The smallest absolute Gasteiger partial charge is 0.334 e. The Bertz CT molecular complexity index is 373. The summed E-state index contributed by atoms with van der Waals surface area (Å²) in [7, 11) is 0. The molecule has 0 spiro atoms. The van der Waals surface area contributed by atoms with Crippen LogP contribution >= 0.6 is 0 Å². The van der Waals surface area contributed by atoms with Crippen molar-refractivity contribution in [3.05, 3.63) is 17.8 Å². The summed E-state index contributed by atoms with van der Waals surface area (Å²) in [5, 5.41) is 19.4. The molecule has 1 aromatic heterocycles. The first-order valence-electron chi connectivity index (χ1n) is 4.11. The Hall–Kier alpha value is -1.89. The van der Waals surface area contributed by atoms with Gasteiger partial charge in [-0.05, 0) is 6.92 Å². The molecule has 1 amide bonds. The fraction of sp³-hybridized carbons (Fsp3) is 0.375. The topological polar surface area (TPSA) is 113 Å². The minimum absolute atomic E-state index is 0.00703. The highest BCUT2D eigenvalue weighted by Crippen LogP contribution is 2.03. The zero-order chi connectivity index (χ0) is 11.4. The molecule has 7 nitrogen and oxygen atoms in total. The minimum Gasteiger partial charge on any atom is -0.479 e. The van der Waals surface area contributed by atoms with Gasteiger partial charge in [-0.3, -0.25) is 4.79 Å². The average Bonchev–Trinajstić information content (AvgIpc) is 2.60. The van der Waals surface area contributed by atoms with E-state index in [2.05, 4.69) is 10.3 Å². The van der Waals surface area contributed by atoms with E-state index in [1.54, 1.807) is 6.92 Å². The number of aliphatic hydroxyl groups is 1. The van der Waals surface area contributed by atoms with Crippen molar-refractivity contribution in [3.8, 4) is 0 Å². The van der Waals surface area contributed by atoms with Crippen LogP contribution in [0.25, 0.3) is 0 Å². The number of aromatic nitrogens is 1. The predicted octanol–water partition coefficient (Wildman–Crippen LogP) is -0.842. The van der Waals surface area contributed by atoms with E-state index in [1.807, 2.05) is 0 Å². The number of hydrogen-bond acceptors (Lipinski definition) is 5. The van der Waals surface area contributed by atoms with Crippen LogP contribution in [0.1, 0.15) is 16.2 Å². The molecule has 0 unspecified atom stereocenters. The summed E-state index contributed by atoms with van der Waals surface area (Å²) >= 11 is 0. The number of nitrogens with one attached hydrogen (secondary N) is 1. The molecule has 0 aliphatic carbocycles. The number of carbonyl (C=O) groups excluding carboxylic acids is 1. The lowest BCUT2D eigenvalue weighted by atomic mass is 10.3. The van der Waals surface area contributed by atoms with E-state index in [9.17, 15) is 9.59 Å². The van der Waals surface area contributed by atoms with E-state index < -0.39 is 18.0 Å². The molecular formula is C8H10N2O5. The van der Waals surface area contributed by atoms with Gasteiger partial charge in [-0.1, -0.05) is 0 Å². The Labute approximate surface area is 84.7 Å². The van der Waals surface area contributed by atoms with E-state index >= 15 is 0 Å². The normalized spacial score (nSPS) is 12.1. The molecule has 3 N–H and O–H groups in total. The van der Waals surface area contributed by atoms with Gasteiger partial charge in [0, 0.05) is 0 Å². The molecule has 7 heteroatoms. The first kappa shape index (κ1) is 11.2. The van der Waals surface area contributed by atoms with Crippen molar-refractivity contribution in [1.29, 1.82) is 0 Å². The largest absolute Gasteiger partial charge is 0.479 e. The van der Waals surface area contributed by atoms with Crippen LogP contribution in [0.2, 0.25) is 0 Å². The Kier molecular flexibility index (Phi) is 3.40. The zero-order valence-electron chi connectivity index (χ0n) is 7.93. The summed E-state index contributed by atoms with van der Waals surface area (Å²) in [4.78, 5) is 25.2. The lowest BCUT2D eigenvalue weighted by molar-refractivity contribution is -0.146. The first-order chi connectivity index (χ1) is 7.02. The van der Waals surface area contributed by atoms with Gasteiger partial charge in [0.05, 0.1) is 12.2 Å². The Morgan fingerprint density at radius 3 is 2.80 bits per heavy atom. The lowest BCUT2D eigenvalue weighted by Gasteiger charge is -2.05. The monoisotopic (exact) mass is 214 g/mol. The van der Waals surface area contributed by atoms with Gasteiger partial charge in [-0.15, -0.1) is 0 Å². The van der Waals surface area contributed by atoms with Gasteiger partial charge < -0.3 is 19.9 Å². The van der Waals surface area contributed by atoms with Crippen LogP contribution in [0.5, 0.6) is 0 Å². The van der Waals surface area contributed by atoms with Gasteiger partial charge in [0.2, 0.25) is 5.76 Å². The molecule has 0 aromatic carbocycles. The van der Waals surface area contributed by atoms with Crippen molar-refractivity contribution in [2.75, 3.05) is 6.54 Å². The standard InChI is InChI=1S/C8H10N2O5/c1-4-6(15-3-10-4)7(12)9-2-5(11)8(13)14/h3,5,11H,2H2,1H3,(H,9,12)(H,13,14)/t5-/m0/s1. The molecule has 0 saturated carbocycles. The number of hydrogen-bond donors (Lipinski definition) is 3. The van der Waals surface area contributed by atoms with E-state index in [4.69, 9.17) is 14.6 Å². The maximum absolute atomic E-state index is 11.3. The highest BCUT2D eigenvalue weighted by molar-refractivity contribution is 5.92. The van der Waals surface area contributed by atoms with Gasteiger partial charge in [0.1, 0.15) is 0 Å². The second kappa shape index (κ2) is 4.56. The third-order valence-electron chi connectivity index (χ3n) is 1.69. The van der Waals surface area contributed by atoms with Crippen LogP contribution in [0.15, 0.2) is 10.8 Å². The summed E-state index contributed by atoms with van der Waals surface area (Å²) in [6.45, 7) is 1.19. The highest BCUT2D eigenvalue weighted by Gasteiger charge is 2.17. The molecule has 0 saturated heterocycles. The van der Waals surface area contributed by atoms with Gasteiger partial charge in [-0.2, -0.15) is 0 Å². The van der Waals surface area contributed by atoms with E-state index in [0.717, 1.165) is 6.39 Å². The number of carboxylic acids is 1. The SMILES string of the molecule is Cc1ncoc1C(=O)NC[C@H](O)C(=O)O. The number of aliphatic carboxylic acids is 1. The molecule has 0 aliphatic rings. The zero-order valence-corrected chi connectivity index (χ0v) is 7.93. The lowest BCUT2D eigenvalue weighted by Crippen LogP contribution is -2.36. The number of aryl methyl sites for hydroxylation is 1. The fourth-order valence-corrected chi connectivity index (χ4v) is 0.877. The molecular weight excluding hydrogens is 204 g/mol. The van der Waals surface area contributed by atoms with Gasteiger partial charge in [0.15, 0.2) is 12.5 Å². The molecule has 0 radical (unpaired) electrons. The van der Waals surface area contributed by atoms with Crippen LogP contribution in [-0.4, -0.2) is 39.7 Å². The fourth-order valence-electron chi connectivity index (χ4n) is 0.877. The third-order valence-corrected chi connectivity index (χ3v) is 1.69. The number of aliphatic hydroxyl groups excluding tert-OH is 1. The van der Waals surface area contributed by atoms with Crippen LogP contribution in [0, 0.1) is 6.92 Å². The number of carboxylic acid groups (broad SMARTS) is 1. The van der Waals surface area contributed by atoms with E-state index in [-0.39, 0.29) is 12.3 Å². The quantitative estimate of drug-likeness (QED) is 0.602. The summed E-state index contributed by atoms with van der Waals surface area (Å²) < 4.78 is 4.77. The molecule has 0 fully saturated rings. The van der Waals surface area contributed by atoms with Crippen molar-refractivity contribution >= 4 is 11.9 Å². The van der Waals surface area contributed by atoms with Crippen molar-refractivity contribution in [2.24, 2.45) is 0 Å². The maximum Gasteiger partial charge on any atom is 0.334 e. The summed E-state index contributed by atoms with van der Waals surface area (Å²) in [5.41, 5.74) is 0.400. The van der Waals surface area contributed by atoms with Crippen molar-refractivity contribution in [3.63, 3.8) is 0 Å². The Morgan fingerprint density at radius 2 is 2.33 bits per heavy atom. The summed E-state index contributed by atoms with van der Waals surface area (Å²) in [6.07, 6.45) is -0.519. The molecule has 1 atom stereocenters. The Balaban J connectivity index is 2.51. The van der Waals surface area contributed by atoms with Crippen molar-refractivity contribution in [1.82, 2.24) is 10.3 Å². The van der Waals surface area contributed by atoms with E-state index in [0.29, 0.717) is 5.69 Å². The average molecular weight is 214 g/mol. The first-order valence-corrected chi connectivity index (χ1v) is 4.11. The van der Waals surface area contributed by atoms with Gasteiger partial charge in [0.25, 0.3) is 5.91 Å². The third kappa shape index (κ3) is 2.78.